The van der Waals surface area contributed by atoms with Crippen LogP contribution in [0.2, 0.25) is 0 Å². The number of aliphatic carboxylic acids is 2. The van der Waals surface area contributed by atoms with Crippen LogP contribution in [0.5, 0.6) is 11.5 Å². The van der Waals surface area contributed by atoms with Crippen molar-refractivity contribution in [2.45, 2.75) is 25.7 Å². The van der Waals surface area contributed by atoms with Crippen molar-refractivity contribution in [2.75, 3.05) is 26.2 Å². The van der Waals surface area contributed by atoms with Crippen molar-refractivity contribution < 1.29 is 40.2 Å². The molecular formula is C22H28N2O8. The molecule has 0 bridgehead atoms. The number of carbonyl (C=O) groups is 2. The standard InChI is InChI=1S/C22H28N2O8/c25-13-15-5-6-20(28)17(7-15)9-24(12-22(31)32)18(14-26)10-23(11-21(29)30)8-16-3-1-2-4-19(16)27/h1-7,18,25-28H,8-14H2,(H,29,30)(H,31,32). The number of rotatable bonds is 13. The molecule has 10 heteroatoms. The van der Waals surface area contributed by atoms with Crippen LogP contribution >= 0.6 is 0 Å². The highest BCUT2D eigenvalue weighted by molar-refractivity contribution is 5.69. The van der Waals surface area contributed by atoms with E-state index in [1.807, 2.05) is 0 Å². The molecule has 2 aromatic carbocycles. The minimum absolute atomic E-state index is 0.00318. The summed E-state index contributed by atoms with van der Waals surface area (Å²) in [6.07, 6.45) is 0. The van der Waals surface area contributed by atoms with Crippen molar-refractivity contribution in [1.29, 1.82) is 0 Å². The Kier molecular flexibility index (Phi) is 9.41. The van der Waals surface area contributed by atoms with Crippen LogP contribution in [0.1, 0.15) is 16.7 Å². The van der Waals surface area contributed by atoms with Crippen LogP contribution in [0.4, 0.5) is 0 Å². The van der Waals surface area contributed by atoms with E-state index in [4.69, 9.17) is 0 Å². The van der Waals surface area contributed by atoms with Gasteiger partial charge >= 0.3 is 11.9 Å². The Morgan fingerprint density at radius 3 is 2.09 bits per heavy atom. The van der Waals surface area contributed by atoms with Crippen molar-refractivity contribution in [2.24, 2.45) is 0 Å². The Bertz CT molecular complexity index is 921. The van der Waals surface area contributed by atoms with Crippen LogP contribution in [0, 0.1) is 0 Å². The number of nitrogens with zero attached hydrogens (tertiary/aromatic N) is 2. The Labute approximate surface area is 185 Å². The van der Waals surface area contributed by atoms with E-state index in [1.165, 1.54) is 34.1 Å². The summed E-state index contributed by atoms with van der Waals surface area (Å²) < 4.78 is 0. The fraction of sp³-hybridized carbons (Fsp3) is 0.364. The van der Waals surface area contributed by atoms with Crippen LogP contribution in [0.25, 0.3) is 0 Å². The third-order valence-corrected chi connectivity index (χ3v) is 4.98. The van der Waals surface area contributed by atoms with Crippen molar-refractivity contribution >= 4 is 11.9 Å². The van der Waals surface area contributed by atoms with Crippen molar-refractivity contribution in [1.82, 2.24) is 9.80 Å². The molecular weight excluding hydrogens is 420 g/mol. The Balaban J connectivity index is 2.27. The van der Waals surface area contributed by atoms with Crippen LogP contribution in [0.15, 0.2) is 42.5 Å². The maximum absolute atomic E-state index is 11.5. The van der Waals surface area contributed by atoms with Crippen molar-refractivity contribution in [3.8, 4) is 11.5 Å². The summed E-state index contributed by atoms with van der Waals surface area (Å²) in [5.74, 6) is -2.37. The quantitative estimate of drug-likeness (QED) is 0.253. The molecule has 0 aliphatic rings. The molecule has 0 saturated heterocycles. The van der Waals surface area contributed by atoms with Gasteiger partial charge in [0, 0.05) is 36.8 Å². The number of benzene rings is 2. The summed E-state index contributed by atoms with van der Waals surface area (Å²) in [7, 11) is 0. The largest absolute Gasteiger partial charge is 0.508 e. The van der Waals surface area contributed by atoms with Crippen molar-refractivity contribution in [3.05, 3.63) is 59.2 Å². The summed E-state index contributed by atoms with van der Waals surface area (Å²) in [6, 6.07) is 10.1. The normalized spacial score (nSPS) is 12.2. The summed E-state index contributed by atoms with van der Waals surface area (Å²) >= 11 is 0. The van der Waals surface area contributed by atoms with E-state index in [9.17, 15) is 40.2 Å². The lowest BCUT2D eigenvalue weighted by Gasteiger charge is -2.33. The Hall–Kier alpha value is -3.18. The minimum atomic E-state index is -1.16. The predicted molar refractivity (Wildman–Crippen MR) is 114 cm³/mol. The molecule has 0 amide bonds. The molecule has 2 rings (SSSR count). The second-order valence-electron chi connectivity index (χ2n) is 7.45. The zero-order chi connectivity index (χ0) is 23.7. The average Bonchev–Trinajstić information content (AvgIpc) is 2.73. The summed E-state index contributed by atoms with van der Waals surface area (Å²) in [4.78, 5) is 25.7. The van der Waals surface area contributed by atoms with E-state index in [0.29, 0.717) is 16.7 Å². The SMILES string of the molecule is O=C(O)CN(Cc1ccccc1O)CC(CO)N(CC(=O)O)Cc1cc(CO)ccc1O. The molecule has 2 aromatic rings. The molecule has 0 aliphatic heterocycles. The predicted octanol–water partition coefficient (Wildman–Crippen LogP) is 0.424. The van der Waals surface area contributed by atoms with Crippen LogP contribution in [-0.2, 0) is 29.3 Å². The second-order valence-corrected chi connectivity index (χ2v) is 7.45. The van der Waals surface area contributed by atoms with Gasteiger partial charge in [-0.3, -0.25) is 19.4 Å². The topological polar surface area (TPSA) is 162 Å². The molecule has 32 heavy (non-hydrogen) atoms. The second kappa shape index (κ2) is 12.0. The molecule has 0 aromatic heterocycles. The molecule has 1 atom stereocenters. The van der Waals surface area contributed by atoms with Gasteiger partial charge in [0.1, 0.15) is 11.5 Å². The number of aliphatic hydroxyl groups excluding tert-OH is 2. The first-order valence-electron chi connectivity index (χ1n) is 9.92. The lowest BCUT2D eigenvalue weighted by Crippen LogP contribution is -2.48. The minimum Gasteiger partial charge on any atom is -0.508 e. The smallest absolute Gasteiger partial charge is 0.317 e. The van der Waals surface area contributed by atoms with Gasteiger partial charge in [0.15, 0.2) is 0 Å². The summed E-state index contributed by atoms with van der Waals surface area (Å²) in [6.45, 7) is -1.57. The van der Waals surface area contributed by atoms with E-state index >= 15 is 0 Å². The molecule has 0 aliphatic carbocycles. The molecule has 0 fully saturated rings. The van der Waals surface area contributed by atoms with Crippen LogP contribution in [0.3, 0.4) is 0 Å². The van der Waals surface area contributed by atoms with Gasteiger partial charge in [-0.2, -0.15) is 0 Å². The summed E-state index contributed by atoms with van der Waals surface area (Å²) in [5, 5.41) is 58.2. The molecule has 6 N–H and O–H groups in total. The Morgan fingerprint density at radius 2 is 1.50 bits per heavy atom. The molecule has 174 valence electrons. The van der Waals surface area contributed by atoms with E-state index in [0.717, 1.165) is 0 Å². The zero-order valence-corrected chi connectivity index (χ0v) is 17.5. The number of para-hydroxylation sites is 1. The van der Waals surface area contributed by atoms with Gasteiger partial charge in [0.2, 0.25) is 0 Å². The van der Waals surface area contributed by atoms with Gasteiger partial charge in [-0.25, -0.2) is 0 Å². The van der Waals surface area contributed by atoms with Crippen molar-refractivity contribution in [3.63, 3.8) is 0 Å². The number of phenols is 2. The van der Waals surface area contributed by atoms with Gasteiger partial charge in [0.25, 0.3) is 0 Å². The number of hydrogen-bond acceptors (Lipinski definition) is 8. The molecule has 0 spiro atoms. The molecule has 0 heterocycles. The van der Waals surface area contributed by atoms with Gasteiger partial charge in [0.05, 0.1) is 26.3 Å². The summed E-state index contributed by atoms with van der Waals surface area (Å²) in [5.41, 5.74) is 1.38. The molecule has 0 saturated carbocycles. The highest BCUT2D eigenvalue weighted by Gasteiger charge is 2.25. The first kappa shape index (κ1) is 25.1. The highest BCUT2D eigenvalue weighted by Crippen LogP contribution is 2.23. The lowest BCUT2D eigenvalue weighted by molar-refractivity contribution is -0.141. The lowest BCUT2D eigenvalue weighted by atomic mass is 10.1. The maximum atomic E-state index is 11.5. The highest BCUT2D eigenvalue weighted by atomic mass is 16.4. The third-order valence-electron chi connectivity index (χ3n) is 4.98. The Morgan fingerprint density at radius 1 is 0.844 bits per heavy atom. The van der Waals surface area contributed by atoms with Gasteiger partial charge in [-0.1, -0.05) is 24.3 Å². The van der Waals surface area contributed by atoms with Gasteiger partial charge in [-0.05, 0) is 23.8 Å². The first-order valence-corrected chi connectivity index (χ1v) is 9.92. The molecule has 0 radical (unpaired) electrons. The van der Waals surface area contributed by atoms with E-state index in [2.05, 4.69) is 0 Å². The molecule has 10 nitrogen and oxygen atoms in total. The van der Waals surface area contributed by atoms with E-state index < -0.39 is 37.7 Å². The third kappa shape index (κ3) is 7.50. The number of phenolic OH excluding ortho intramolecular Hbond substituents is 2. The number of carboxylic acid groups (broad SMARTS) is 2. The maximum Gasteiger partial charge on any atom is 0.317 e. The van der Waals surface area contributed by atoms with E-state index in [1.54, 1.807) is 18.2 Å². The number of carboxylic acids is 2. The fourth-order valence-electron chi connectivity index (χ4n) is 3.42. The fourth-order valence-corrected chi connectivity index (χ4v) is 3.42. The van der Waals surface area contributed by atoms with Gasteiger partial charge in [-0.15, -0.1) is 0 Å². The average molecular weight is 448 g/mol. The number of hydrogen-bond donors (Lipinski definition) is 6. The van der Waals surface area contributed by atoms with E-state index in [-0.39, 0.29) is 37.7 Å². The monoisotopic (exact) mass is 448 g/mol. The van der Waals surface area contributed by atoms with Gasteiger partial charge < -0.3 is 30.6 Å². The van der Waals surface area contributed by atoms with Crippen LogP contribution < -0.4 is 0 Å². The first-order chi connectivity index (χ1) is 15.2. The number of aliphatic hydroxyl groups is 2. The number of aromatic hydroxyl groups is 2. The van der Waals surface area contributed by atoms with Crippen LogP contribution in [-0.4, -0.2) is 84.7 Å². The zero-order valence-electron chi connectivity index (χ0n) is 17.5. The molecule has 1 unspecified atom stereocenters.